The van der Waals surface area contributed by atoms with Crippen molar-refractivity contribution in [1.82, 2.24) is 0 Å². The molecule has 0 aliphatic carbocycles. The minimum absolute atomic E-state index is 0.0260. The van der Waals surface area contributed by atoms with Gasteiger partial charge in [-0.3, -0.25) is 9.59 Å². The van der Waals surface area contributed by atoms with Gasteiger partial charge in [0.25, 0.3) is 0 Å². The molecule has 2 aromatic rings. The normalized spacial score (nSPS) is 11.2. The van der Waals surface area contributed by atoms with Crippen LogP contribution in [-0.2, 0) is 6.61 Å². The smallest absolute Gasteiger partial charge is 0.159 e. The maximum absolute atomic E-state index is 11.0. The maximum atomic E-state index is 11.0. The number of carbonyl (C=O) groups excluding carboxylic acids is 2. The number of aliphatic hydroxyl groups is 2. The lowest BCUT2D eigenvalue weighted by molar-refractivity contribution is 0.100. The van der Waals surface area contributed by atoms with Crippen LogP contribution in [0.5, 0.6) is 0 Å². The number of benzene rings is 2. The highest BCUT2D eigenvalue weighted by Gasteiger charge is 2.06. The summed E-state index contributed by atoms with van der Waals surface area (Å²) >= 11 is 0. The second kappa shape index (κ2) is 9.75. The molecule has 0 aliphatic heterocycles. The summed E-state index contributed by atoms with van der Waals surface area (Å²) < 4.78 is 0. The van der Waals surface area contributed by atoms with Crippen LogP contribution in [0.3, 0.4) is 0 Å². The van der Waals surface area contributed by atoms with Crippen molar-refractivity contribution in [3.63, 3.8) is 0 Å². The fraction of sp³-hybridized carbons (Fsp3) is 0.300. The van der Waals surface area contributed by atoms with E-state index in [1.54, 1.807) is 42.5 Å². The topological polar surface area (TPSA) is 74.6 Å². The van der Waals surface area contributed by atoms with Crippen LogP contribution in [-0.4, -0.2) is 21.8 Å². The first-order valence-corrected chi connectivity index (χ1v) is 7.88. The minimum Gasteiger partial charge on any atom is -0.392 e. The summed E-state index contributed by atoms with van der Waals surface area (Å²) in [7, 11) is 0. The van der Waals surface area contributed by atoms with Gasteiger partial charge < -0.3 is 10.2 Å². The van der Waals surface area contributed by atoms with Gasteiger partial charge in [-0.1, -0.05) is 49.4 Å². The fourth-order valence-electron chi connectivity index (χ4n) is 2.05. The highest BCUT2D eigenvalue weighted by atomic mass is 16.3. The highest BCUT2D eigenvalue weighted by molar-refractivity contribution is 5.94. The lowest BCUT2D eigenvalue weighted by Crippen LogP contribution is -1.98. The van der Waals surface area contributed by atoms with Crippen LogP contribution in [0.1, 0.15) is 65.1 Å². The van der Waals surface area contributed by atoms with Gasteiger partial charge >= 0.3 is 0 Å². The highest BCUT2D eigenvalue weighted by Crippen LogP contribution is 2.17. The molecular weight excluding hydrogens is 304 g/mol. The predicted octanol–water partition coefficient (Wildman–Crippen LogP) is 3.71. The molecule has 0 aliphatic rings. The number of ketones is 2. The van der Waals surface area contributed by atoms with Crippen molar-refractivity contribution in [2.75, 3.05) is 0 Å². The number of Topliss-reactive ketones (excluding diaryl/α,β-unsaturated/α-hetero) is 2. The number of aliphatic hydroxyl groups excluding tert-OH is 2. The Balaban J connectivity index is 0.000000243. The van der Waals surface area contributed by atoms with Crippen molar-refractivity contribution in [2.24, 2.45) is 0 Å². The maximum Gasteiger partial charge on any atom is 0.159 e. The van der Waals surface area contributed by atoms with Gasteiger partial charge in [-0.25, -0.2) is 0 Å². The van der Waals surface area contributed by atoms with Gasteiger partial charge in [0.15, 0.2) is 11.6 Å². The van der Waals surface area contributed by atoms with Crippen LogP contribution in [0.4, 0.5) is 0 Å². The van der Waals surface area contributed by atoms with Gasteiger partial charge in [0.1, 0.15) is 0 Å². The third kappa shape index (κ3) is 6.07. The molecule has 2 aromatic carbocycles. The zero-order valence-electron chi connectivity index (χ0n) is 14.3. The molecule has 4 heteroatoms. The van der Waals surface area contributed by atoms with E-state index in [1.807, 2.05) is 13.0 Å². The summed E-state index contributed by atoms with van der Waals surface area (Å²) in [5, 5.41) is 18.2. The van der Waals surface area contributed by atoms with Crippen LogP contribution in [0.2, 0.25) is 0 Å². The minimum atomic E-state index is -0.459. The first-order valence-electron chi connectivity index (χ1n) is 7.88. The molecule has 0 aromatic heterocycles. The van der Waals surface area contributed by atoms with E-state index in [-0.39, 0.29) is 18.2 Å². The molecule has 0 saturated carbocycles. The summed E-state index contributed by atoms with van der Waals surface area (Å²) in [6, 6.07) is 14.1. The van der Waals surface area contributed by atoms with Crippen LogP contribution in [0.25, 0.3) is 0 Å². The van der Waals surface area contributed by atoms with Crippen LogP contribution >= 0.6 is 0 Å². The molecule has 24 heavy (non-hydrogen) atoms. The SMILES string of the molecule is CC(=O)c1ccc(CO)cc1.CCC(O)c1cccc(C(C)=O)c1. The van der Waals surface area contributed by atoms with Gasteiger partial charge in [0.05, 0.1) is 12.7 Å². The number of hydrogen-bond donors (Lipinski definition) is 2. The second-order valence-electron chi connectivity index (χ2n) is 5.52. The van der Waals surface area contributed by atoms with E-state index in [1.165, 1.54) is 13.8 Å². The molecule has 0 bridgehead atoms. The Morgan fingerprint density at radius 3 is 2.00 bits per heavy atom. The molecule has 0 radical (unpaired) electrons. The first-order chi connectivity index (χ1) is 11.4. The van der Waals surface area contributed by atoms with Crippen LogP contribution < -0.4 is 0 Å². The van der Waals surface area contributed by atoms with Gasteiger partial charge in [-0.05, 0) is 37.5 Å². The average Bonchev–Trinajstić information content (AvgIpc) is 2.61. The monoisotopic (exact) mass is 328 g/mol. The van der Waals surface area contributed by atoms with Crippen molar-refractivity contribution in [3.05, 3.63) is 70.8 Å². The fourth-order valence-corrected chi connectivity index (χ4v) is 2.05. The van der Waals surface area contributed by atoms with Crippen molar-refractivity contribution in [3.8, 4) is 0 Å². The van der Waals surface area contributed by atoms with E-state index in [0.29, 0.717) is 17.5 Å². The van der Waals surface area contributed by atoms with Crippen LogP contribution in [0.15, 0.2) is 48.5 Å². The van der Waals surface area contributed by atoms with E-state index in [9.17, 15) is 14.7 Å². The molecule has 0 heterocycles. The van der Waals surface area contributed by atoms with Gasteiger partial charge in [0.2, 0.25) is 0 Å². The predicted molar refractivity (Wildman–Crippen MR) is 94.1 cm³/mol. The third-order valence-electron chi connectivity index (χ3n) is 3.61. The zero-order valence-corrected chi connectivity index (χ0v) is 14.3. The quantitative estimate of drug-likeness (QED) is 0.821. The molecule has 0 saturated heterocycles. The van der Waals surface area contributed by atoms with E-state index in [4.69, 9.17) is 5.11 Å². The van der Waals surface area contributed by atoms with Gasteiger partial charge in [-0.2, -0.15) is 0 Å². The molecule has 4 nitrogen and oxygen atoms in total. The third-order valence-corrected chi connectivity index (χ3v) is 3.61. The Hall–Kier alpha value is -2.30. The standard InChI is InChI=1S/C11H14O2.C9H10O2/c1-3-11(13)10-6-4-5-9(7-10)8(2)12;1-7(11)9-4-2-8(6-10)3-5-9/h4-7,11,13H,3H2,1-2H3;2-5,10H,6H2,1H3. The number of carbonyl (C=O) groups is 2. The summed E-state index contributed by atoms with van der Waals surface area (Å²) in [5.41, 5.74) is 2.98. The van der Waals surface area contributed by atoms with E-state index in [0.717, 1.165) is 11.1 Å². The lowest BCUT2D eigenvalue weighted by atomic mass is 10.0. The summed E-state index contributed by atoms with van der Waals surface area (Å²) in [4.78, 5) is 21.8. The Labute approximate surface area is 142 Å². The largest absolute Gasteiger partial charge is 0.392 e. The molecule has 0 fully saturated rings. The Morgan fingerprint density at radius 1 is 0.958 bits per heavy atom. The molecule has 0 spiro atoms. The summed E-state index contributed by atoms with van der Waals surface area (Å²) in [6.45, 7) is 4.98. The lowest BCUT2D eigenvalue weighted by Gasteiger charge is -2.08. The van der Waals surface area contributed by atoms with E-state index in [2.05, 4.69) is 0 Å². The van der Waals surface area contributed by atoms with E-state index >= 15 is 0 Å². The van der Waals surface area contributed by atoms with Crippen molar-refractivity contribution in [1.29, 1.82) is 0 Å². The van der Waals surface area contributed by atoms with E-state index < -0.39 is 6.10 Å². The van der Waals surface area contributed by atoms with Crippen molar-refractivity contribution in [2.45, 2.75) is 39.9 Å². The number of hydrogen-bond acceptors (Lipinski definition) is 4. The van der Waals surface area contributed by atoms with Gasteiger partial charge in [-0.15, -0.1) is 0 Å². The second-order valence-corrected chi connectivity index (χ2v) is 5.52. The molecular formula is C20H24O4. The zero-order chi connectivity index (χ0) is 18.1. The summed E-state index contributed by atoms with van der Waals surface area (Å²) in [5.74, 6) is 0.0830. The molecule has 2 N–H and O–H groups in total. The van der Waals surface area contributed by atoms with Crippen molar-refractivity contribution >= 4 is 11.6 Å². The molecule has 0 amide bonds. The average molecular weight is 328 g/mol. The van der Waals surface area contributed by atoms with Gasteiger partial charge in [0, 0.05) is 11.1 Å². The van der Waals surface area contributed by atoms with Crippen LogP contribution in [0, 0.1) is 0 Å². The molecule has 1 atom stereocenters. The molecule has 128 valence electrons. The summed E-state index contributed by atoms with van der Waals surface area (Å²) in [6.07, 6.45) is 0.209. The Bertz CT molecular complexity index is 674. The Kier molecular flexibility index (Phi) is 8.02. The Morgan fingerprint density at radius 2 is 1.54 bits per heavy atom. The van der Waals surface area contributed by atoms with Crippen molar-refractivity contribution < 1.29 is 19.8 Å². The molecule has 1 unspecified atom stereocenters. The first kappa shape index (κ1) is 19.7. The molecule has 2 rings (SSSR count). The number of rotatable bonds is 5.